The second-order valence-electron chi connectivity index (χ2n) is 18.0. The van der Waals surface area contributed by atoms with Gasteiger partial charge in [0.1, 0.15) is 11.4 Å². The van der Waals surface area contributed by atoms with Crippen LogP contribution in [-0.2, 0) is 54.7 Å². The average Bonchev–Trinajstić information content (AvgIpc) is 4.05. The maximum Gasteiger partial charge on any atom is 0.220 e. The summed E-state index contributed by atoms with van der Waals surface area (Å²) >= 11 is 26.0. The Balaban J connectivity index is 0.00000780. The number of carbonyl (C=O) groups excluding carboxylic acids is 2. The molecule has 73 heavy (non-hydrogen) atoms. The van der Waals surface area contributed by atoms with Crippen molar-refractivity contribution in [1.29, 1.82) is 0 Å². The third-order valence-corrected chi connectivity index (χ3v) is 13.7. The van der Waals surface area contributed by atoms with E-state index in [2.05, 4.69) is 79.4 Å². The van der Waals surface area contributed by atoms with E-state index >= 15 is 0 Å². The van der Waals surface area contributed by atoms with Crippen LogP contribution in [0.4, 0.5) is 0 Å². The number of nitrogens with zero attached hydrogens (tertiary/aromatic N) is 8. The normalized spacial score (nSPS) is 15.6. The number of carbonyl (C=O) groups is 2. The van der Waals surface area contributed by atoms with Gasteiger partial charge in [-0.15, -0.1) is 22.6 Å². The molecule has 2 amide bonds. The highest BCUT2D eigenvalue weighted by atomic mass is 35.5. The van der Waals surface area contributed by atoms with Crippen molar-refractivity contribution in [3.8, 4) is 22.5 Å². The minimum absolute atomic E-state index is 0. The molecule has 2 aromatic heterocycles. The zero-order valence-electron chi connectivity index (χ0n) is 40.9. The van der Waals surface area contributed by atoms with Gasteiger partial charge in [-0.3, -0.25) is 9.59 Å². The van der Waals surface area contributed by atoms with Crippen LogP contribution >= 0.6 is 58.8 Å². The van der Waals surface area contributed by atoms with E-state index in [1.54, 1.807) is 9.36 Å². The molecule has 0 aliphatic carbocycles. The van der Waals surface area contributed by atoms with Crippen molar-refractivity contribution < 1.29 is 28.5 Å². The van der Waals surface area contributed by atoms with Gasteiger partial charge < -0.3 is 39.4 Å². The summed E-state index contributed by atoms with van der Waals surface area (Å²) in [6.07, 6.45) is 3.99. The van der Waals surface area contributed by atoms with Gasteiger partial charge in [-0.2, -0.15) is 0 Å². The van der Waals surface area contributed by atoms with Crippen molar-refractivity contribution in [2.45, 2.75) is 50.9 Å². The molecule has 4 heterocycles. The van der Waals surface area contributed by atoms with E-state index < -0.39 is 0 Å². The molecule has 0 fully saturated rings. The van der Waals surface area contributed by atoms with Gasteiger partial charge in [-0.05, 0) is 83.9 Å². The highest BCUT2D eigenvalue weighted by Crippen LogP contribution is 2.41. The second-order valence-corrected chi connectivity index (χ2v) is 19.7. The van der Waals surface area contributed by atoms with E-state index in [0.717, 1.165) is 82.1 Å². The number of hydrogen-bond donors (Lipinski definition) is 2. The zero-order valence-corrected chi connectivity index (χ0v) is 44.8. The lowest BCUT2D eigenvalue weighted by molar-refractivity contribution is -0.126. The molecule has 2 atom stereocenters. The molecule has 0 saturated carbocycles. The van der Waals surface area contributed by atoms with Crippen LogP contribution < -0.4 is 10.6 Å². The molecule has 2 aliphatic rings. The van der Waals surface area contributed by atoms with Crippen molar-refractivity contribution in [2.75, 3.05) is 93.1 Å². The summed E-state index contributed by atoms with van der Waals surface area (Å²) in [5, 5.41) is 25.6. The van der Waals surface area contributed by atoms with Crippen molar-refractivity contribution >= 4 is 70.6 Å². The van der Waals surface area contributed by atoms with Crippen molar-refractivity contribution in [3.05, 3.63) is 139 Å². The summed E-state index contributed by atoms with van der Waals surface area (Å²) in [6.45, 7) is 8.09. The fourth-order valence-electron chi connectivity index (χ4n) is 9.06. The standard InChI is InChI=1S/C52H60Cl4N10O6.ClH/c1-63-29-43(41-25-39(53)27-47(55)45(41)31-63)35-5-3-7-37(23-35)49-33-65(61-59-49)13-17-71-21-19-69-15-11-57-51(67)9-10-52(68)58-12-16-70-20-22-72-18-14-66-34-50(60-62-66)38-8-4-6-36(24-38)44-30-64(2)32-46-42(44)26-40(54)28-48(46)56;/h3-8,23-28,33-34,43-44H,9-22,29-32H2,1-2H3,(H,57,67)(H,58,68);1H/t43-,44-;/m0./s1. The van der Waals surface area contributed by atoms with Gasteiger partial charge in [0.05, 0.1) is 78.3 Å². The Bertz CT molecular complexity index is 2590. The van der Waals surface area contributed by atoms with Gasteiger partial charge in [0, 0.05) is 95.2 Å². The predicted octanol–water partition coefficient (Wildman–Crippen LogP) is 8.17. The van der Waals surface area contributed by atoms with E-state index in [4.69, 9.17) is 65.4 Å². The molecule has 0 radical (unpaired) electrons. The Kier molecular flexibility index (Phi) is 21.3. The van der Waals surface area contributed by atoms with Crippen LogP contribution in [0.2, 0.25) is 20.1 Å². The molecule has 21 heteroatoms. The second kappa shape index (κ2) is 27.7. The van der Waals surface area contributed by atoms with Crippen LogP contribution in [0.15, 0.2) is 85.2 Å². The average molecular weight is 1100 g/mol. The topological polar surface area (TPSA) is 163 Å². The minimum Gasteiger partial charge on any atom is -0.377 e. The highest BCUT2D eigenvalue weighted by molar-refractivity contribution is 6.35. The quantitative estimate of drug-likeness (QED) is 0.0530. The smallest absolute Gasteiger partial charge is 0.220 e. The fraction of sp³-hybridized carbons (Fsp3) is 0.423. The molecule has 0 bridgehead atoms. The Morgan fingerprint density at radius 2 is 0.986 bits per heavy atom. The Labute approximate surface area is 452 Å². The number of hydrogen-bond acceptors (Lipinski definition) is 12. The molecule has 8 rings (SSSR count). The first-order valence-electron chi connectivity index (χ1n) is 24.2. The SMILES string of the molecule is CN1Cc2c(Cl)cc(Cl)cc2[C@H](c2cccc(-c3cn(CCOCCOCCNC(=O)CCC(=O)NCCOCCOCCn4cc(-c5cccc([C@@H]6CN(C)Cc7c(Cl)cc(Cl)cc76)c5)nn4)nn3)c2)C1.Cl. The molecule has 2 aliphatic heterocycles. The first kappa shape index (κ1) is 56.0. The van der Waals surface area contributed by atoms with Crippen LogP contribution in [0.1, 0.15) is 58.1 Å². The number of rotatable bonds is 25. The summed E-state index contributed by atoms with van der Waals surface area (Å²) in [5.41, 5.74) is 10.4. The maximum atomic E-state index is 12.3. The van der Waals surface area contributed by atoms with Gasteiger partial charge >= 0.3 is 0 Å². The Morgan fingerprint density at radius 1 is 0.575 bits per heavy atom. The number of ether oxygens (including phenoxy) is 4. The van der Waals surface area contributed by atoms with E-state index in [-0.39, 0.29) is 48.9 Å². The molecule has 0 unspecified atom stereocenters. The summed E-state index contributed by atoms with van der Waals surface area (Å²) in [4.78, 5) is 29.0. The Morgan fingerprint density at radius 3 is 1.41 bits per heavy atom. The van der Waals surface area contributed by atoms with Gasteiger partial charge in [-0.1, -0.05) is 93.2 Å². The van der Waals surface area contributed by atoms with Gasteiger partial charge in [0.25, 0.3) is 0 Å². The molecular weight excluding hydrogens is 1040 g/mol. The first-order chi connectivity index (χ1) is 35.0. The minimum atomic E-state index is -0.220. The van der Waals surface area contributed by atoms with Gasteiger partial charge in [-0.25, -0.2) is 9.36 Å². The molecule has 16 nitrogen and oxygen atoms in total. The molecular formula is C52H61Cl5N10O6. The number of nitrogens with one attached hydrogen (secondary N) is 2. The van der Waals surface area contributed by atoms with Crippen molar-refractivity contribution in [1.82, 2.24) is 50.4 Å². The molecule has 0 spiro atoms. The molecule has 0 saturated heterocycles. The summed E-state index contributed by atoms with van der Waals surface area (Å²) in [5.74, 6) is -0.185. The van der Waals surface area contributed by atoms with E-state index in [1.807, 2.05) is 60.9 Å². The monoisotopic (exact) mass is 1100 g/mol. The summed E-state index contributed by atoms with van der Waals surface area (Å²) in [7, 11) is 4.20. The van der Waals surface area contributed by atoms with Gasteiger partial charge in [0.15, 0.2) is 0 Å². The van der Waals surface area contributed by atoms with Crippen molar-refractivity contribution in [3.63, 3.8) is 0 Å². The van der Waals surface area contributed by atoms with Crippen molar-refractivity contribution in [2.24, 2.45) is 0 Å². The molecule has 4 aromatic carbocycles. The van der Waals surface area contributed by atoms with Crippen LogP contribution in [0.25, 0.3) is 22.5 Å². The van der Waals surface area contributed by atoms with Gasteiger partial charge in [0.2, 0.25) is 11.8 Å². The lowest BCUT2D eigenvalue weighted by Crippen LogP contribution is -2.31. The number of fused-ring (bicyclic) bond motifs is 2. The number of halogens is 5. The maximum absolute atomic E-state index is 12.3. The van der Waals surface area contributed by atoms with Crippen LogP contribution in [-0.4, -0.2) is 145 Å². The lowest BCUT2D eigenvalue weighted by Gasteiger charge is -2.33. The third kappa shape index (κ3) is 15.9. The number of likely N-dealkylation sites (N-methyl/N-ethyl adjacent to an activating group) is 2. The number of benzene rings is 4. The van der Waals surface area contributed by atoms with Crippen LogP contribution in [0.3, 0.4) is 0 Å². The highest BCUT2D eigenvalue weighted by Gasteiger charge is 2.29. The largest absolute Gasteiger partial charge is 0.377 e. The van der Waals surface area contributed by atoms with E-state index in [1.165, 1.54) is 0 Å². The number of amides is 2. The fourth-order valence-corrected chi connectivity index (χ4v) is 10.2. The van der Waals surface area contributed by atoms with E-state index in [0.29, 0.717) is 99.1 Å². The van der Waals surface area contributed by atoms with Crippen LogP contribution in [0, 0.1) is 0 Å². The zero-order chi connectivity index (χ0) is 50.4. The number of aromatic nitrogens is 6. The summed E-state index contributed by atoms with van der Waals surface area (Å²) in [6, 6.07) is 24.4. The molecule has 390 valence electrons. The molecule has 6 aromatic rings. The summed E-state index contributed by atoms with van der Waals surface area (Å²) < 4.78 is 26.2. The lowest BCUT2D eigenvalue weighted by atomic mass is 9.84. The predicted molar refractivity (Wildman–Crippen MR) is 286 cm³/mol. The van der Waals surface area contributed by atoms with Crippen LogP contribution in [0.5, 0.6) is 0 Å². The Hall–Kier alpha value is -4.69. The first-order valence-corrected chi connectivity index (χ1v) is 25.7. The van der Waals surface area contributed by atoms with E-state index in [9.17, 15) is 9.59 Å². The third-order valence-electron chi connectivity index (χ3n) is 12.6. The molecule has 2 N–H and O–H groups in total.